The molecule has 2 heteroatoms. The van der Waals surface area contributed by atoms with Crippen molar-refractivity contribution in [2.24, 2.45) is 0 Å². The molecule has 0 amide bonds. The van der Waals surface area contributed by atoms with E-state index in [0.29, 0.717) is 0 Å². The van der Waals surface area contributed by atoms with Crippen LogP contribution in [0.1, 0.15) is 33.5 Å². The Labute approximate surface area is 342 Å². The summed E-state index contributed by atoms with van der Waals surface area (Å²) in [5, 5.41) is 5.06. The van der Waals surface area contributed by atoms with Crippen LogP contribution in [0.15, 0.2) is 188 Å². The van der Waals surface area contributed by atoms with Crippen LogP contribution < -0.4 is 0 Å². The summed E-state index contributed by atoms with van der Waals surface area (Å²) in [5.41, 5.74) is 20.0. The van der Waals surface area contributed by atoms with Gasteiger partial charge in [-0.1, -0.05) is 175 Å². The lowest BCUT2D eigenvalue weighted by molar-refractivity contribution is 0.796. The van der Waals surface area contributed by atoms with Gasteiger partial charge in [-0.25, -0.2) is 0 Å². The molecule has 272 valence electrons. The van der Waals surface area contributed by atoms with Gasteiger partial charge in [-0.15, -0.1) is 11.3 Å². The molecular formula is C56H37NS. The second kappa shape index (κ2) is 12.6. The second-order valence-electron chi connectivity index (χ2n) is 15.9. The predicted octanol–water partition coefficient (Wildman–Crippen LogP) is 15.1. The fourth-order valence-corrected chi connectivity index (χ4v) is 11.4. The van der Waals surface area contributed by atoms with Gasteiger partial charge in [-0.05, 0) is 120 Å². The summed E-state index contributed by atoms with van der Waals surface area (Å²) in [6, 6.07) is 68.3. The largest absolute Gasteiger partial charge is 0.261 e. The molecule has 2 aliphatic rings. The fraction of sp³-hybridized carbons (Fsp3) is 0.0536. The molecule has 1 atom stereocenters. The van der Waals surface area contributed by atoms with Crippen LogP contribution in [-0.2, 0) is 5.41 Å². The summed E-state index contributed by atoms with van der Waals surface area (Å²) in [6.45, 7) is 4.19. The number of hydrogen-bond donors (Lipinski definition) is 0. The number of nitrogens with zero attached hydrogens (tertiary/aromatic N) is 1. The van der Waals surface area contributed by atoms with Crippen molar-refractivity contribution < 1.29 is 0 Å². The first-order chi connectivity index (χ1) is 28.6. The maximum atomic E-state index is 4.69. The molecule has 0 N–H and O–H groups in total. The monoisotopic (exact) mass is 755 g/mol. The Morgan fingerprint density at radius 1 is 0.397 bits per heavy atom. The highest BCUT2D eigenvalue weighted by Crippen LogP contribution is 2.66. The van der Waals surface area contributed by atoms with E-state index < -0.39 is 5.41 Å². The molecule has 0 saturated carbocycles. The van der Waals surface area contributed by atoms with Crippen LogP contribution in [0.4, 0.5) is 0 Å². The lowest BCUT2D eigenvalue weighted by atomic mass is 9.70. The van der Waals surface area contributed by atoms with Crippen LogP contribution in [-0.4, -0.2) is 4.98 Å². The minimum atomic E-state index is -0.439. The molecule has 1 unspecified atom stereocenters. The number of hydrogen-bond acceptors (Lipinski definition) is 2. The molecule has 0 bridgehead atoms. The van der Waals surface area contributed by atoms with Gasteiger partial charge < -0.3 is 0 Å². The highest BCUT2D eigenvalue weighted by atomic mass is 32.1. The zero-order chi connectivity index (χ0) is 38.5. The van der Waals surface area contributed by atoms with Crippen molar-refractivity contribution in [1.29, 1.82) is 0 Å². The third kappa shape index (κ3) is 4.61. The minimum Gasteiger partial charge on any atom is -0.261 e. The second-order valence-corrected chi connectivity index (χ2v) is 16.9. The van der Waals surface area contributed by atoms with Crippen molar-refractivity contribution in [3.8, 4) is 65.4 Å². The summed E-state index contributed by atoms with van der Waals surface area (Å²) in [6.07, 6.45) is 2.03. The maximum absolute atomic E-state index is 4.69. The predicted molar refractivity (Wildman–Crippen MR) is 245 cm³/mol. The topological polar surface area (TPSA) is 12.9 Å². The lowest BCUT2D eigenvalue weighted by Gasteiger charge is -2.30. The molecule has 1 spiro atoms. The van der Waals surface area contributed by atoms with Crippen LogP contribution in [0, 0.1) is 13.8 Å². The lowest BCUT2D eigenvalue weighted by Crippen LogP contribution is -2.25. The van der Waals surface area contributed by atoms with Crippen molar-refractivity contribution in [2.75, 3.05) is 0 Å². The van der Waals surface area contributed by atoms with E-state index in [-0.39, 0.29) is 0 Å². The molecular weight excluding hydrogens is 719 g/mol. The number of fused-ring (bicyclic) bond motifs is 12. The molecule has 0 saturated heterocycles. The first-order valence-electron chi connectivity index (χ1n) is 20.1. The maximum Gasteiger partial charge on any atom is 0.0734 e. The molecule has 1 nitrogen and oxygen atoms in total. The van der Waals surface area contributed by atoms with Crippen LogP contribution in [0.25, 0.3) is 86.9 Å². The van der Waals surface area contributed by atoms with Crippen molar-refractivity contribution >= 4 is 32.9 Å². The smallest absolute Gasteiger partial charge is 0.0734 e. The Morgan fingerprint density at radius 2 is 0.914 bits per heavy atom. The number of rotatable bonds is 4. The standard InChI is InChI=1S/C56H37NS/c1-34-22-25-36(26-23-34)37-28-30-38(31-29-37)52-40-12-3-5-14-42(40)53(43-15-6-4-13-41(43)52)46-18-11-21-49-54(46)44-16-7-9-19-47(44)56(49)48-20-10-8-17-45(48)55-50(56)32-51(58-55)39-27-24-35(2)57-33-39/h3-33H,1-2H3. The Kier molecular flexibility index (Phi) is 7.21. The molecule has 0 fully saturated rings. The van der Waals surface area contributed by atoms with Crippen LogP contribution in [0.3, 0.4) is 0 Å². The molecule has 2 aromatic heterocycles. The fourth-order valence-electron chi connectivity index (χ4n) is 10.2. The van der Waals surface area contributed by atoms with Gasteiger partial charge >= 0.3 is 0 Å². The third-order valence-corrected chi connectivity index (χ3v) is 14.0. The summed E-state index contributed by atoms with van der Waals surface area (Å²) >= 11 is 1.90. The van der Waals surface area contributed by atoms with Gasteiger partial charge in [0, 0.05) is 27.2 Å². The summed E-state index contributed by atoms with van der Waals surface area (Å²) < 4.78 is 0. The SMILES string of the molecule is Cc1ccc(-c2ccc(-c3c4ccccc4c(-c4cccc5c4-c4ccccc4C54c5ccccc5-c5sc(-c6ccc(C)nc6)cc54)c4ccccc34)cc2)cc1. The summed E-state index contributed by atoms with van der Waals surface area (Å²) in [4.78, 5) is 7.30. The van der Waals surface area contributed by atoms with Crippen molar-refractivity contribution in [1.82, 2.24) is 4.98 Å². The Bertz CT molecular complexity index is 3220. The van der Waals surface area contributed by atoms with Gasteiger partial charge in [0.25, 0.3) is 0 Å². The van der Waals surface area contributed by atoms with Crippen LogP contribution in [0.5, 0.6) is 0 Å². The first kappa shape index (κ1) is 33.3. The molecule has 8 aromatic carbocycles. The minimum absolute atomic E-state index is 0.439. The highest BCUT2D eigenvalue weighted by molar-refractivity contribution is 7.19. The van der Waals surface area contributed by atoms with E-state index in [1.807, 2.05) is 17.5 Å². The summed E-state index contributed by atoms with van der Waals surface area (Å²) in [7, 11) is 0. The Morgan fingerprint density at radius 3 is 1.57 bits per heavy atom. The molecule has 2 heterocycles. The zero-order valence-electron chi connectivity index (χ0n) is 32.3. The molecule has 2 aliphatic carbocycles. The van der Waals surface area contributed by atoms with Gasteiger partial charge in [-0.2, -0.15) is 0 Å². The van der Waals surface area contributed by atoms with E-state index >= 15 is 0 Å². The van der Waals surface area contributed by atoms with E-state index in [1.54, 1.807) is 0 Å². The highest BCUT2D eigenvalue weighted by Gasteiger charge is 2.53. The van der Waals surface area contributed by atoms with E-state index in [4.69, 9.17) is 0 Å². The van der Waals surface area contributed by atoms with Gasteiger partial charge in [0.1, 0.15) is 0 Å². The van der Waals surface area contributed by atoms with E-state index in [2.05, 4.69) is 201 Å². The van der Waals surface area contributed by atoms with E-state index in [0.717, 1.165) is 5.69 Å². The number of benzene rings is 8. The average Bonchev–Trinajstić information content (AvgIpc) is 3.93. The van der Waals surface area contributed by atoms with E-state index in [1.165, 1.54) is 115 Å². The van der Waals surface area contributed by atoms with Crippen molar-refractivity contribution in [3.63, 3.8) is 0 Å². The first-order valence-corrected chi connectivity index (χ1v) is 20.9. The van der Waals surface area contributed by atoms with Crippen molar-refractivity contribution in [3.05, 3.63) is 222 Å². The van der Waals surface area contributed by atoms with Gasteiger partial charge in [0.15, 0.2) is 0 Å². The third-order valence-electron chi connectivity index (χ3n) is 12.7. The van der Waals surface area contributed by atoms with Gasteiger partial charge in [0.2, 0.25) is 0 Å². The molecule has 10 aromatic rings. The van der Waals surface area contributed by atoms with E-state index in [9.17, 15) is 0 Å². The normalized spacial score (nSPS) is 14.8. The molecule has 58 heavy (non-hydrogen) atoms. The van der Waals surface area contributed by atoms with Crippen LogP contribution >= 0.6 is 11.3 Å². The van der Waals surface area contributed by atoms with Crippen molar-refractivity contribution in [2.45, 2.75) is 19.3 Å². The number of pyridine rings is 1. The number of aryl methyl sites for hydroxylation is 2. The molecule has 0 aliphatic heterocycles. The zero-order valence-corrected chi connectivity index (χ0v) is 33.1. The Balaban J connectivity index is 1.12. The van der Waals surface area contributed by atoms with Gasteiger partial charge in [0.05, 0.1) is 5.41 Å². The summed E-state index contributed by atoms with van der Waals surface area (Å²) in [5.74, 6) is 0. The van der Waals surface area contributed by atoms with Crippen LogP contribution in [0.2, 0.25) is 0 Å². The quantitative estimate of drug-likeness (QED) is 0.163. The number of aromatic nitrogens is 1. The Hall–Kier alpha value is -6.87. The van der Waals surface area contributed by atoms with Gasteiger partial charge in [-0.3, -0.25) is 4.98 Å². The average molecular weight is 756 g/mol. The number of thiophene rings is 1. The molecule has 0 radical (unpaired) electrons. The molecule has 12 rings (SSSR count).